The predicted octanol–water partition coefficient (Wildman–Crippen LogP) is 3.61. The van der Waals surface area contributed by atoms with Crippen molar-refractivity contribution in [1.29, 1.82) is 0 Å². The van der Waals surface area contributed by atoms with Crippen molar-refractivity contribution in [2.24, 2.45) is 0 Å². The molecule has 0 unspecified atom stereocenters. The first-order valence-electron chi connectivity index (χ1n) is 8.43. The number of carbonyl (C=O) groups is 1. The topological polar surface area (TPSA) is 92.8 Å². The van der Waals surface area contributed by atoms with Crippen molar-refractivity contribution in [2.45, 2.75) is 25.8 Å². The number of hydrogen-bond acceptors (Lipinski definition) is 6. The molecule has 0 fully saturated rings. The maximum atomic E-state index is 14.2. The van der Waals surface area contributed by atoms with Crippen molar-refractivity contribution in [2.75, 3.05) is 19.0 Å². The highest BCUT2D eigenvalue weighted by Crippen LogP contribution is 2.28. The number of anilines is 1. The van der Waals surface area contributed by atoms with Crippen LogP contribution in [0, 0.1) is 5.82 Å². The monoisotopic (exact) mass is 391 g/mol. The van der Waals surface area contributed by atoms with Gasteiger partial charge in [0.05, 0.1) is 17.3 Å². The Morgan fingerprint density at radius 2 is 2.22 bits per heavy atom. The molecule has 3 heterocycles. The number of aromatic amines is 1. The Balaban J connectivity index is 1.84. The van der Waals surface area contributed by atoms with E-state index in [-0.39, 0.29) is 11.6 Å². The molecule has 1 atom stereocenters. The van der Waals surface area contributed by atoms with Gasteiger partial charge in [0, 0.05) is 43.5 Å². The standard InChI is InChI=1S/C18H19ClFN5O2/c1-10(15(26)4-3-5-27-2)24-18-14(20)9-23-17(25-18)13-8-22-16-12(13)6-11(19)7-21-16/h6-10H,3-5H2,1-2H3,(H,21,22)(H,23,24,25)/t10-/m0/s1. The molecular formula is C18H19ClFN5O2. The Hall–Kier alpha value is -2.58. The molecule has 142 valence electrons. The lowest BCUT2D eigenvalue weighted by Gasteiger charge is -2.14. The van der Waals surface area contributed by atoms with Gasteiger partial charge in [0.15, 0.2) is 23.2 Å². The smallest absolute Gasteiger partial charge is 0.183 e. The number of hydrogen-bond donors (Lipinski definition) is 2. The summed E-state index contributed by atoms with van der Waals surface area (Å²) in [7, 11) is 1.58. The van der Waals surface area contributed by atoms with Gasteiger partial charge in [-0.15, -0.1) is 0 Å². The summed E-state index contributed by atoms with van der Waals surface area (Å²) in [5.74, 6) is -0.411. The molecule has 27 heavy (non-hydrogen) atoms. The molecule has 3 aromatic rings. The quantitative estimate of drug-likeness (QED) is 0.570. The van der Waals surface area contributed by atoms with Crippen molar-refractivity contribution >= 4 is 34.2 Å². The third kappa shape index (κ3) is 4.40. The summed E-state index contributed by atoms with van der Waals surface area (Å²) in [5.41, 5.74) is 1.26. The fourth-order valence-corrected chi connectivity index (χ4v) is 2.81. The van der Waals surface area contributed by atoms with E-state index in [1.807, 2.05) is 0 Å². The molecule has 0 aliphatic heterocycles. The fraction of sp³-hybridized carbons (Fsp3) is 0.333. The van der Waals surface area contributed by atoms with Crippen LogP contribution in [0.25, 0.3) is 22.4 Å². The van der Waals surface area contributed by atoms with Crippen molar-refractivity contribution in [3.63, 3.8) is 0 Å². The lowest BCUT2D eigenvalue weighted by Crippen LogP contribution is -2.27. The number of nitrogens with zero attached hydrogens (tertiary/aromatic N) is 3. The molecule has 0 radical (unpaired) electrons. The molecule has 0 aliphatic rings. The van der Waals surface area contributed by atoms with E-state index < -0.39 is 11.9 Å². The van der Waals surface area contributed by atoms with Gasteiger partial charge >= 0.3 is 0 Å². The molecule has 0 spiro atoms. The molecule has 3 rings (SSSR count). The van der Waals surface area contributed by atoms with Crippen LogP contribution >= 0.6 is 11.6 Å². The van der Waals surface area contributed by atoms with E-state index in [4.69, 9.17) is 16.3 Å². The largest absolute Gasteiger partial charge is 0.385 e. The van der Waals surface area contributed by atoms with Crippen LogP contribution in [0.4, 0.5) is 10.2 Å². The van der Waals surface area contributed by atoms with Crippen LogP contribution in [0.5, 0.6) is 0 Å². The molecule has 3 aromatic heterocycles. The number of aromatic nitrogens is 4. The van der Waals surface area contributed by atoms with Crippen LogP contribution in [0.15, 0.2) is 24.7 Å². The van der Waals surface area contributed by atoms with Crippen molar-refractivity contribution in [1.82, 2.24) is 19.9 Å². The number of halogens is 2. The first kappa shape index (κ1) is 19.2. The highest BCUT2D eigenvalue weighted by atomic mass is 35.5. The molecule has 0 saturated carbocycles. The summed E-state index contributed by atoms with van der Waals surface area (Å²) in [5, 5.41) is 4.03. The van der Waals surface area contributed by atoms with E-state index in [1.165, 1.54) is 6.20 Å². The Labute approximate surface area is 160 Å². The second kappa shape index (κ2) is 8.41. The molecule has 0 saturated heterocycles. The number of nitrogens with one attached hydrogen (secondary N) is 2. The van der Waals surface area contributed by atoms with E-state index in [9.17, 15) is 9.18 Å². The first-order chi connectivity index (χ1) is 13.0. The summed E-state index contributed by atoms with van der Waals surface area (Å²) in [4.78, 5) is 27.6. The van der Waals surface area contributed by atoms with Crippen LogP contribution in [0.2, 0.25) is 5.02 Å². The normalized spacial score (nSPS) is 12.3. The molecule has 0 aromatic carbocycles. The lowest BCUT2D eigenvalue weighted by molar-refractivity contribution is -0.119. The zero-order valence-electron chi connectivity index (χ0n) is 14.9. The average molecular weight is 392 g/mol. The van der Waals surface area contributed by atoms with Gasteiger partial charge in [-0.05, 0) is 19.4 Å². The van der Waals surface area contributed by atoms with E-state index in [2.05, 4.69) is 25.3 Å². The number of carbonyl (C=O) groups excluding carboxylic acids is 1. The number of H-pyrrole nitrogens is 1. The SMILES string of the molecule is COCCCC(=O)[C@H](C)Nc1nc(-c2c[nH]c3ncc(Cl)cc23)ncc1F. The number of pyridine rings is 1. The van der Waals surface area contributed by atoms with Crippen LogP contribution in [0.1, 0.15) is 19.8 Å². The minimum absolute atomic E-state index is 0.0306. The molecule has 7 nitrogen and oxygen atoms in total. The molecule has 9 heteroatoms. The minimum Gasteiger partial charge on any atom is -0.385 e. The summed E-state index contributed by atoms with van der Waals surface area (Å²) in [6.07, 6.45) is 5.24. The molecular weight excluding hydrogens is 373 g/mol. The van der Waals surface area contributed by atoms with Crippen molar-refractivity contribution < 1.29 is 13.9 Å². The number of methoxy groups -OCH3 is 1. The maximum Gasteiger partial charge on any atom is 0.183 e. The van der Waals surface area contributed by atoms with Gasteiger partial charge in [-0.2, -0.15) is 0 Å². The van der Waals surface area contributed by atoms with Gasteiger partial charge in [0.2, 0.25) is 0 Å². The van der Waals surface area contributed by atoms with E-state index >= 15 is 0 Å². The average Bonchev–Trinajstić information content (AvgIpc) is 3.06. The molecule has 2 N–H and O–H groups in total. The van der Waals surface area contributed by atoms with Crippen LogP contribution in [-0.4, -0.2) is 45.5 Å². The van der Waals surface area contributed by atoms with Crippen molar-refractivity contribution in [3.05, 3.63) is 35.5 Å². The van der Waals surface area contributed by atoms with Gasteiger partial charge in [-0.1, -0.05) is 11.6 Å². The zero-order chi connectivity index (χ0) is 19.4. The third-order valence-electron chi connectivity index (χ3n) is 4.09. The highest BCUT2D eigenvalue weighted by molar-refractivity contribution is 6.31. The fourth-order valence-electron chi connectivity index (χ4n) is 2.65. The van der Waals surface area contributed by atoms with Gasteiger partial charge < -0.3 is 15.0 Å². The third-order valence-corrected chi connectivity index (χ3v) is 4.30. The van der Waals surface area contributed by atoms with Gasteiger partial charge in [0.1, 0.15) is 5.65 Å². The van der Waals surface area contributed by atoms with E-state index in [0.29, 0.717) is 41.5 Å². The summed E-state index contributed by atoms with van der Waals surface area (Å²) in [6.45, 7) is 2.17. The number of Topliss-reactive ketones (excluding diaryl/α,β-unsaturated/α-hetero) is 1. The highest BCUT2D eigenvalue weighted by Gasteiger charge is 2.18. The molecule has 0 amide bonds. The number of fused-ring (bicyclic) bond motifs is 1. The second-order valence-corrected chi connectivity index (χ2v) is 6.51. The van der Waals surface area contributed by atoms with Crippen molar-refractivity contribution in [3.8, 4) is 11.4 Å². The van der Waals surface area contributed by atoms with Crippen LogP contribution in [0.3, 0.4) is 0 Å². The number of rotatable bonds is 8. The Kier molecular flexibility index (Phi) is 5.98. The Bertz CT molecular complexity index is 962. The first-order valence-corrected chi connectivity index (χ1v) is 8.81. The maximum absolute atomic E-state index is 14.2. The van der Waals surface area contributed by atoms with Gasteiger partial charge in [-0.3, -0.25) is 4.79 Å². The summed E-state index contributed by atoms with van der Waals surface area (Å²) in [6, 6.07) is 1.15. The van der Waals surface area contributed by atoms with Crippen LogP contribution < -0.4 is 5.32 Å². The zero-order valence-corrected chi connectivity index (χ0v) is 15.7. The van der Waals surface area contributed by atoms with E-state index in [1.54, 1.807) is 26.3 Å². The molecule has 0 aliphatic carbocycles. The van der Waals surface area contributed by atoms with E-state index in [0.717, 1.165) is 11.6 Å². The molecule has 0 bridgehead atoms. The Morgan fingerprint density at radius 1 is 1.41 bits per heavy atom. The summed E-state index contributed by atoms with van der Waals surface area (Å²) < 4.78 is 19.1. The number of ether oxygens (including phenoxy) is 1. The van der Waals surface area contributed by atoms with Crippen LogP contribution in [-0.2, 0) is 9.53 Å². The lowest BCUT2D eigenvalue weighted by atomic mass is 10.1. The predicted molar refractivity (Wildman–Crippen MR) is 101 cm³/mol. The Morgan fingerprint density at radius 3 is 3.00 bits per heavy atom. The van der Waals surface area contributed by atoms with Gasteiger partial charge in [0.25, 0.3) is 0 Å². The minimum atomic E-state index is -0.633. The summed E-state index contributed by atoms with van der Waals surface area (Å²) >= 11 is 6.01. The van der Waals surface area contributed by atoms with Gasteiger partial charge in [-0.25, -0.2) is 19.3 Å². The second-order valence-electron chi connectivity index (χ2n) is 6.07. The number of ketones is 1.